The second-order valence-corrected chi connectivity index (χ2v) is 6.32. The van der Waals surface area contributed by atoms with E-state index in [2.05, 4.69) is 24.3 Å². The zero-order chi connectivity index (χ0) is 11.7. The number of aliphatic hydroxyl groups is 1. The van der Waals surface area contributed by atoms with Crippen molar-refractivity contribution in [1.82, 2.24) is 0 Å². The molecule has 3 rings (SSSR count). The maximum absolute atomic E-state index is 9.96. The Kier molecular flexibility index (Phi) is 3.41. The van der Waals surface area contributed by atoms with Crippen LogP contribution in [-0.2, 0) is 11.2 Å². The molecule has 0 amide bonds. The molecule has 1 N–H and O–H groups in total. The minimum Gasteiger partial charge on any atom is -0.393 e. The Morgan fingerprint density at radius 1 is 1.35 bits per heavy atom. The van der Waals surface area contributed by atoms with Crippen molar-refractivity contribution < 1.29 is 9.84 Å². The monoisotopic (exact) mass is 250 g/mol. The van der Waals surface area contributed by atoms with Crippen LogP contribution in [0.3, 0.4) is 0 Å². The van der Waals surface area contributed by atoms with Crippen LogP contribution in [0.4, 0.5) is 0 Å². The summed E-state index contributed by atoms with van der Waals surface area (Å²) < 4.78 is 5.47. The van der Waals surface area contributed by atoms with Crippen LogP contribution in [-0.4, -0.2) is 29.7 Å². The van der Waals surface area contributed by atoms with Gasteiger partial charge in [-0.1, -0.05) is 18.2 Å². The smallest absolute Gasteiger partial charge is 0.0612 e. The van der Waals surface area contributed by atoms with E-state index in [4.69, 9.17) is 4.74 Å². The van der Waals surface area contributed by atoms with Gasteiger partial charge in [0.25, 0.3) is 0 Å². The van der Waals surface area contributed by atoms with Crippen molar-refractivity contribution in [3.05, 3.63) is 29.8 Å². The fourth-order valence-corrected chi connectivity index (χ4v) is 4.16. The summed E-state index contributed by atoms with van der Waals surface area (Å²) in [4.78, 5) is 1.42. The van der Waals surface area contributed by atoms with Crippen molar-refractivity contribution in [3.63, 3.8) is 0 Å². The van der Waals surface area contributed by atoms with Crippen LogP contribution in [0, 0.1) is 5.92 Å². The van der Waals surface area contributed by atoms with Crippen molar-refractivity contribution in [3.8, 4) is 0 Å². The van der Waals surface area contributed by atoms with Gasteiger partial charge in [-0.05, 0) is 30.9 Å². The molecule has 0 aliphatic carbocycles. The molecule has 2 heterocycles. The van der Waals surface area contributed by atoms with Crippen molar-refractivity contribution in [2.45, 2.75) is 35.5 Å². The highest BCUT2D eigenvalue weighted by Crippen LogP contribution is 2.40. The van der Waals surface area contributed by atoms with E-state index in [1.165, 1.54) is 10.5 Å². The molecule has 92 valence electrons. The summed E-state index contributed by atoms with van der Waals surface area (Å²) in [7, 11) is 0. The third kappa shape index (κ3) is 2.51. The second-order valence-electron chi connectivity index (χ2n) is 4.98. The van der Waals surface area contributed by atoms with E-state index in [0.29, 0.717) is 11.2 Å². The summed E-state index contributed by atoms with van der Waals surface area (Å²) in [6.45, 7) is 1.45. The summed E-state index contributed by atoms with van der Waals surface area (Å²) in [5.74, 6) is 0.329. The number of fused-ring (bicyclic) bond motifs is 1. The first-order valence-electron chi connectivity index (χ1n) is 6.33. The molecule has 3 heteroatoms. The number of benzene rings is 1. The molecule has 2 aliphatic rings. The highest BCUT2D eigenvalue weighted by atomic mass is 32.2. The molecule has 0 spiro atoms. The summed E-state index contributed by atoms with van der Waals surface area (Å²) in [5, 5.41) is 10.6. The molecule has 1 aromatic rings. The zero-order valence-corrected chi connectivity index (χ0v) is 10.7. The van der Waals surface area contributed by atoms with Crippen LogP contribution in [0.2, 0.25) is 0 Å². The van der Waals surface area contributed by atoms with Gasteiger partial charge in [-0.15, -0.1) is 11.8 Å². The van der Waals surface area contributed by atoms with Gasteiger partial charge >= 0.3 is 0 Å². The topological polar surface area (TPSA) is 29.5 Å². The molecule has 3 atom stereocenters. The summed E-state index contributed by atoms with van der Waals surface area (Å²) in [6, 6.07) is 8.64. The van der Waals surface area contributed by atoms with Crippen molar-refractivity contribution in [2.75, 3.05) is 13.2 Å². The average molecular weight is 250 g/mol. The van der Waals surface area contributed by atoms with Crippen LogP contribution in [0.1, 0.15) is 18.4 Å². The van der Waals surface area contributed by atoms with Gasteiger partial charge in [0.1, 0.15) is 0 Å². The Morgan fingerprint density at radius 3 is 3.06 bits per heavy atom. The lowest BCUT2D eigenvalue weighted by Gasteiger charge is -2.29. The van der Waals surface area contributed by atoms with Gasteiger partial charge in [-0.3, -0.25) is 0 Å². The first-order chi connectivity index (χ1) is 8.33. The largest absolute Gasteiger partial charge is 0.393 e. The van der Waals surface area contributed by atoms with Crippen molar-refractivity contribution >= 4 is 11.8 Å². The second kappa shape index (κ2) is 5.01. The molecule has 1 saturated heterocycles. The average Bonchev–Trinajstić information content (AvgIpc) is 2.74. The molecule has 0 radical (unpaired) electrons. The normalized spacial score (nSPS) is 32.4. The Hall–Kier alpha value is -0.510. The third-order valence-corrected chi connectivity index (χ3v) is 5.06. The van der Waals surface area contributed by atoms with Crippen molar-refractivity contribution in [1.29, 1.82) is 0 Å². The molecule has 1 fully saturated rings. The lowest BCUT2D eigenvalue weighted by molar-refractivity contribution is -0.0381. The summed E-state index contributed by atoms with van der Waals surface area (Å²) >= 11 is 1.97. The maximum atomic E-state index is 9.96. The predicted molar refractivity (Wildman–Crippen MR) is 69.3 cm³/mol. The van der Waals surface area contributed by atoms with Gasteiger partial charge in [0.15, 0.2) is 0 Å². The molecule has 2 aliphatic heterocycles. The van der Waals surface area contributed by atoms with Gasteiger partial charge in [0, 0.05) is 22.7 Å². The molecule has 17 heavy (non-hydrogen) atoms. The number of thioether (sulfide) groups is 1. The fourth-order valence-electron chi connectivity index (χ4n) is 2.73. The Morgan fingerprint density at radius 2 is 2.24 bits per heavy atom. The van der Waals surface area contributed by atoms with E-state index in [1.54, 1.807) is 0 Å². The molecule has 3 unspecified atom stereocenters. The Labute approximate surface area is 106 Å². The van der Waals surface area contributed by atoms with Gasteiger partial charge in [-0.25, -0.2) is 0 Å². The number of hydrogen-bond donors (Lipinski definition) is 1. The molecule has 2 nitrogen and oxygen atoms in total. The SMILES string of the molecule is OC1CCOCC1CC1Cc2ccccc2S1. The Bertz CT molecular complexity index is 369. The zero-order valence-electron chi connectivity index (χ0n) is 9.84. The van der Waals surface area contributed by atoms with E-state index in [1.807, 2.05) is 11.8 Å². The maximum Gasteiger partial charge on any atom is 0.0612 e. The van der Waals surface area contributed by atoms with E-state index in [9.17, 15) is 5.11 Å². The Balaban J connectivity index is 1.61. The number of hydrogen-bond acceptors (Lipinski definition) is 3. The molecule has 1 aromatic carbocycles. The highest BCUT2D eigenvalue weighted by Gasteiger charge is 2.30. The molecule has 0 aromatic heterocycles. The van der Waals surface area contributed by atoms with E-state index in [-0.39, 0.29) is 6.10 Å². The van der Waals surface area contributed by atoms with E-state index < -0.39 is 0 Å². The van der Waals surface area contributed by atoms with Gasteiger partial charge in [0.2, 0.25) is 0 Å². The van der Waals surface area contributed by atoms with Crippen LogP contribution in [0.5, 0.6) is 0 Å². The molecule has 0 bridgehead atoms. The van der Waals surface area contributed by atoms with Crippen LogP contribution >= 0.6 is 11.8 Å². The van der Waals surface area contributed by atoms with Gasteiger partial charge in [0.05, 0.1) is 12.7 Å². The summed E-state index contributed by atoms with van der Waals surface area (Å²) in [5.41, 5.74) is 1.47. The standard InChI is InChI=1S/C14H18O2S/c15-13-5-6-16-9-11(13)8-12-7-10-3-1-2-4-14(10)17-12/h1-4,11-13,15H,5-9H2. The number of ether oxygens (including phenoxy) is 1. The molecule has 0 saturated carbocycles. The first kappa shape index (κ1) is 11.6. The summed E-state index contributed by atoms with van der Waals surface area (Å²) in [6.07, 6.45) is 2.85. The van der Waals surface area contributed by atoms with Crippen molar-refractivity contribution in [2.24, 2.45) is 5.92 Å². The van der Waals surface area contributed by atoms with Gasteiger partial charge < -0.3 is 9.84 Å². The van der Waals surface area contributed by atoms with Crippen LogP contribution in [0.15, 0.2) is 29.2 Å². The number of aliphatic hydroxyl groups excluding tert-OH is 1. The fraction of sp³-hybridized carbons (Fsp3) is 0.571. The third-order valence-electron chi connectivity index (χ3n) is 3.71. The van der Waals surface area contributed by atoms with Gasteiger partial charge in [-0.2, -0.15) is 0 Å². The lowest BCUT2D eigenvalue weighted by Crippen LogP contribution is -2.33. The van der Waals surface area contributed by atoms with Crippen LogP contribution < -0.4 is 0 Å². The minimum absolute atomic E-state index is 0.159. The van der Waals surface area contributed by atoms with E-state index >= 15 is 0 Å². The highest BCUT2D eigenvalue weighted by molar-refractivity contribution is 8.00. The predicted octanol–water partition coefficient (Wildman–Crippen LogP) is 2.49. The quantitative estimate of drug-likeness (QED) is 0.874. The first-order valence-corrected chi connectivity index (χ1v) is 7.21. The molecular weight excluding hydrogens is 232 g/mol. The minimum atomic E-state index is -0.159. The number of rotatable bonds is 2. The van der Waals surface area contributed by atoms with E-state index in [0.717, 1.165) is 32.5 Å². The van der Waals surface area contributed by atoms with Crippen LogP contribution in [0.25, 0.3) is 0 Å². The molecular formula is C14H18O2S. The lowest BCUT2D eigenvalue weighted by atomic mass is 9.92.